The summed E-state index contributed by atoms with van der Waals surface area (Å²) >= 11 is 6.15. The Bertz CT molecular complexity index is 1340. The van der Waals surface area contributed by atoms with Crippen LogP contribution in [0.2, 0.25) is 5.28 Å². The van der Waals surface area contributed by atoms with Crippen LogP contribution >= 0.6 is 19.2 Å². The van der Waals surface area contributed by atoms with E-state index >= 15 is 0 Å². The maximum atomic E-state index is 12.3. The molecule has 20 heteroatoms. The van der Waals surface area contributed by atoms with E-state index in [1.807, 2.05) is 0 Å². The number of ether oxygens (including phenoxy) is 3. The fourth-order valence-electron chi connectivity index (χ4n) is 4.40. The summed E-state index contributed by atoms with van der Waals surface area (Å²) in [5, 5.41) is 49.7. The molecule has 3 aromatic heterocycles. The minimum Gasteiger partial charge on any atom is -0.393 e. The second kappa shape index (κ2) is 11.8. The standard InChI is InChI=1S/C20H29ClN9O9P/c21-19-24-16(22-4-10-2-1-3-10)11-5-23-30(17(11)25-19)18-15(33)14(32)12(39-18)6-38-20(8-31,40(34,35)36)9-37-7-13-26-28-29-27-13/h5,10,12,14-15,18,31-33H,1-4,6-9H2,(H,22,24,25)(H2,34,35,36)(H,26,27,28,29)/t12-,14-,15-,18-,20?/m1/s1. The zero-order chi connectivity index (χ0) is 28.5. The van der Waals surface area contributed by atoms with Crippen LogP contribution in [0.1, 0.15) is 31.3 Å². The average molecular weight is 606 g/mol. The van der Waals surface area contributed by atoms with E-state index < -0.39 is 57.3 Å². The van der Waals surface area contributed by atoms with Gasteiger partial charge < -0.3 is 44.6 Å². The number of nitrogens with one attached hydrogen (secondary N) is 2. The van der Waals surface area contributed by atoms with Gasteiger partial charge in [0.2, 0.25) is 10.6 Å². The van der Waals surface area contributed by atoms with Crippen LogP contribution in [-0.2, 0) is 25.4 Å². The number of hydrogen-bond donors (Lipinski definition) is 7. The summed E-state index contributed by atoms with van der Waals surface area (Å²) in [7, 11) is -5.14. The van der Waals surface area contributed by atoms with E-state index in [4.69, 9.17) is 25.8 Å². The van der Waals surface area contributed by atoms with Gasteiger partial charge in [-0.2, -0.15) is 20.3 Å². The molecule has 1 aliphatic heterocycles. The molecule has 0 radical (unpaired) electrons. The molecule has 40 heavy (non-hydrogen) atoms. The van der Waals surface area contributed by atoms with Gasteiger partial charge >= 0.3 is 7.60 Å². The van der Waals surface area contributed by atoms with Gasteiger partial charge in [0.1, 0.15) is 30.7 Å². The molecule has 220 valence electrons. The topological polar surface area (TPSA) is 256 Å². The molecule has 3 aromatic rings. The van der Waals surface area contributed by atoms with Gasteiger partial charge in [-0.3, -0.25) is 4.57 Å². The first-order valence-corrected chi connectivity index (χ1v) is 14.4. The smallest absolute Gasteiger partial charge is 0.361 e. The fourth-order valence-corrected chi connectivity index (χ4v) is 5.25. The van der Waals surface area contributed by atoms with Crippen molar-refractivity contribution in [3.63, 3.8) is 0 Å². The van der Waals surface area contributed by atoms with E-state index in [2.05, 4.69) is 41.0 Å². The van der Waals surface area contributed by atoms with Gasteiger partial charge in [-0.1, -0.05) is 11.6 Å². The molecule has 1 saturated carbocycles. The number of aliphatic hydroxyl groups is 3. The first-order chi connectivity index (χ1) is 19.1. The number of fused-ring (bicyclic) bond motifs is 1. The normalized spacial score (nSPS) is 25.2. The molecule has 0 aromatic carbocycles. The first kappa shape index (κ1) is 29.1. The van der Waals surface area contributed by atoms with E-state index in [0.29, 0.717) is 23.7 Å². The SMILES string of the molecule is O=P(O)(O)C(CO)(COCc1nn[nH]n1)OC[C@H]1O[C@@H](n2ncc3c(NCC4CCC4)nc(Cl)nc32)[C@H](O)[C@@H]1O. The number of aliphatic hydroxyl groups excluding tert-OH is 3. The quantitative estimate of drug-likeness (QED) is 0.0903. The number of aromatic amines is 1. The Morgan fingerprint density at radius 1 is 1.27 bits per heavy atom. The molecule has 0 spiro atoms. The third-order valence-corrected chi connectivity index (χ3v) is 8.66. The van der Waals surface area contributed by atoms with Crippen molar-refractivity contribution in [2.45, 2.75) is 55.8 Å². The zero-order valence-corrected chi connectivity index (χ0v) is 22.6. The minimum atomic E-state index is -5.14. The van der Waals surface area contributed by atoms with Crippen LogP contribution in [0.4, 0.5) is 5.82 Å². The van der Waals surface area contributed by atoms with Crippen LogP contribution in [0.15, 0.2) is 6.20 Å². The Balaban J connectivity index is 1.29. The monoisotopic (exact) mass is 605 g/mol. The van der Waals surface area contributed by atoms with Crippen molar-refractivity contribution in [1.82, 2.24) is 40.4 Å². The molecule has 0 bridgehead atoms. The Kier molecular flexibility index (Phi) is 8.63. The molecule has 4 heterocycles. The first-order valence-electron chi connectivity index (χ1n) is 12.4. The molecule has 5 atom stereocenters. The summed E-state index contributed by atoms with van der Waals surface area (Å²) in [5.74, 6) is 1.12. The summed E-state index contributed by atoms with van der Waals surface area (Å²) in [4.78, 5) is 28.3. The summed E-state index contributed by atoms with van der Waals surface area (Å²) in [5.41, 5.74) is 0.240. The molecule has 5 rings (SSSR count). The van der Waals surface area contributed by atoms with Gasteiger partial charge in [0.15, 0.2) is 17.7 Å². The molecular weight excluding hydrogens is 577 g/mol. The van der Waals surface area contributed by atoms with Gasteiger partial charge in [0, 0.05) is 6.54 Å². The molecule has 1 saturated heterocycles. The van der Waals surface area contributed by atoms with Crippen LogP contribution in [0.5, 0.6) is 0 Å². The number of hydrogen-bond acceptors (Lipinski definition) is 14. The molecule has 1 aliphatic carbocycles. The summed E-state index contributed by atoms with van der Waals surface area (Å²) in [6, 6.07) is 0. The van der Waals surface area contributed by atoms with Crippen LogP contribution in [-0.4, -0.2) is 115 Å². The maximum absolute atomic E-state index is 12.3. The van der Waals surface area contributed by atoms with Crippen molar-refractivity contribution in [1.29, 1.82) is 0 Å². The zero-order valence-electron chi connectivity index (χ0n) is 20.9. The lowest BCUT2D eigenvalue weighted by atomic mass is 9.85. The van der Waals surface area contributed by atoms with Gasteiger partial charge in [-0.05, 0) is 30.4 Å². The number of tetrazole rings is 1. The van der Waals surface area contributed by atoms with Crippen molar-refractivity contribution in [2.75, 3.05) is 31.7 Å². The summed E-state index contributed by atoms with van der Waals surface area (Å²) in [6.45, 7) is -2.09. The lowest BCUT2D eigenvalue weighted by molar-refractivity contribution is -0.131. The third-order valence-electron chi connectivity index (χ3n) is 7.03. The lowest BCUT2D eigenvalue weighted by Crippen LogP contribution is -2.45. The maximum Gasteiger partial charge on any atom is 0.361 e. The molecule has 7 N–H and O–H groups in total. The third kappa shape index (κ3) is 5.82. The highest BCUT2D eigenvalue weighted by atomic mass is 35.5. The largest absolute Gasteiger partial charge is 0.393 e. The highest BCUT2D eigenvalue weighted by Crippen LogP contribution is 2.51. The van der Waals surface area contributed by atoms with E-state index in [0.717, 1.165) is 12.8 Å². The number of rotatable bonds is 13. The molecule has 18 nitrogen and oxygen atoms in total. The number of aromatic nitrogens is 8. The fraction of sp³-hybridized carbons (Fsp3) is 0.700. The lowest BCUT2D eigenvalue weighted by Gasteiger charge is -2.33. The molecule has 0 amide bonds. The average Bonchev–Trinajstić information content (AvgIpc) is 3.61. The predicted octanol–water partition coefficient (Wildman–Crippen LogP) is -1.08. The van der Waals surface area contributed by atoms with Gasteiger partial charge in [-0.15, -0.1) is 10.2 Å². The van der Waals surface area contributed by atoms with Crippen LogP contribution in [0.25, 0.3) is 11.0 Å². The van der Waals surface area contributed by atoms with Crippen molar-refractivity contribution in [3.05, 3.63) is 17.3 Å². The van der Waals surface area contributed by atoms with Gasteiger partial charge in [-0.25, -0.2) is 4.68 Å². The Hall–Kier alpha value is -2.38. The molecule has 1 unspecified atom stereocenters. The Morgan fingerprint density at radius 3 is 2.73 bits per heavy atom. The number of nitrogens with zero attached hydrogens (tertiary/aromatic N) is 7. The number of anilines is 1. The van der Waals surface area contributed by atoms with Gasteiger partial charge in [0.25, 0.3) is 0 Å². The van der Waals surface area contributed by atoms with E-state index in [-0.39, 0.29) is 23.4 Å². The van der Waals surface area contributed by atoms with Crippen LogP contribution < -0.4 is 5.32 Å². The van der Waals surface area contributed by atoms with Crippen molar-refractivity contribution in [3.8, 4) is 0 Å². The molecule has 2 fully saturated rings. The molecular formula is C20H29ClN9O9P. The van der Waals surface area contributed by atoms with Crippen molar-refractivity contribution >= 4 is 36.0 Å². The second-order valence-corrected chi connectivity index (χ2v) is 11.9. The van der Waals surface area contributed by atoms with E-state index in [1.54, 1.807) is 0 Å². The minimum absolute atomic E-state index is 0.0616. The number of H-pyrrole nitrogens is 1. The van der Waals surface area contributed by atoms with Crippen LogP contribution in [0.3, 0.4) is 0 Å². The van der Waals surface area contributed by atoms with E-state index in [1.165, 1.54) is 17.3 Å². The highest BCUT2D eigenvalue weighted by Gasteiger charge is 2.51. The van der Waals surface area contributed by atoms with Gasteiger partial charge in [0.05, 0.1) is 31.4 Å². The van der Waals surface area contributed by atoms with Crippen LogP contribution in [0, 0.1) is 5.92 Å². The Morgan fingerprint density at radius 2 is 2.08 bits per heavy atom. The summed E-state index contributed by atoms with van der Waals surface area (Å²) < 4.78 is 30.0. The second-order valence-electron chi connectivity index (χ2n) is 9.67. The van der Waals surface area contributed by atoms with Crippen molar-refractivity contribution in [2.24, 2.45) is 5.92 Å². The highest BCUT2D eigenvalue weighted by molar-refractivity contribution is 7.53. The Labute approximate surface area is 231 Å². The predicted molar refractivity (Wildman–Crippen MR) is 134 cm³/mol. The van der Waals surface area contributed by atoms with Crippen molar-refractivity contribution < 1.29 is 43.9 Å². The molecule has 2 aliphatic rings. The summed E-state index contributed by atoms with van der Waals surface area (Å²) in [6.07, 6.45) is -0.676. The van der Waals surface area contributed by atoms with E-state index in [9.17, 15) is 29.7 Å². The number of halogens is 1.